The van der Waals surface area contributed by atoms with Crippen molar-refractivity contribution in [3.8, 4) is 0 Å². The minimum Gasteiger partial charge on any atom is -0.455 e. The highest BCUT2D eigenvalue weighted by atomic mass is 32.1. The summed E-state index contributed by atoms with van der Waals surface area (Å²) in [6, 6.07) is 0. The van der Waals surface area contributed by atoms with Crippen molar-refractivity contribution in [3.63, 3.8) is 0 Å². The lowest BCUT2D eigenvalue weighted by atomic mass is 9.33. The molecule has 8 nitrogen and oxygen atoms in total. The Kier molecular flexibility index (Phi) is 9.64. The summed E-state index contributed by atoms with van der Waals surface area (Å²) in [6.45, 7) is 14.8. The molecule has 14 atom stereocenters. The number of ether oxygens (including phenoxy) is 1. The van der Waals surface area contributed by atoms with Gasteiger partial charge in [0.25, 0.3) is 0 Å². The number of hydrogen-bond donors (Lipinski definition) is 7. The van der Waals surface area contributed by atoms with Crippen LogP contribution in [-0.4, -0.2) is 78.0 Å². The van der Waals surface area contributed by atoms with Crippen molar-refractivity contribution in [2.24, 2.45) is 51.2 Å². The van der Waals surface area contributed by atoms with E-state index < -0.39 is 74.8 Å². The van der Waals surface area contributed by atoms with Gasteiger partial charge in [0, 0.05) is 39.4 Å². The van der Waals surface area contributed by atoms with Gasteiger partial charge in [-0.05, 0) is 87.9 Å². The molecule has 0 aliphatic heterocycles. The lowest BCUT2D eigenvalue weighted by Gasteiger charge is -2.73. The van der Waals surface area contributed by atoms with Gasteiger partial charge in [-0.2, -0.15) is 12.6 Å². The second kappa shape index (κ2) is 12.1. The number of ketones is 1. The molecule has 0 radical (unpaired) electrons. The third-order valence-electron chi connectivity index (χ3n) is 14.8. The number of carbonyl (C=O) groups excluding carboxylic acids is 2. The molecule has 266 valence electrons. The molecule has 0 aromatic carbocycles. The molecule has 3 unspecified atom stereocenters. The Morgan fingerprint density at radius 2 is 1.68 bits per heavy atom. The number of aliphatic hydroxyl groups excluding tert-OH is 4. The smallest absolute Gasteiger partial charge is 0.333 e. The Hall–Kier alpha value is -0.880. The number of hydrogen-bond acceptors (Lipinski definition) is 10. The summed E-state index contributed by atoms with van der Waals surface area (Å²) in [7, 11) is 0. The zero-order valence-corrected chi connectivity index (χ0v) is 31.2. The first kappa shape index (κ1) is 37.4. The van der Waals surface area contributed by atoms with Gasteiger partial charge in [-0.15, -0.1) is 12.6 Å². The monoisotopic (exact) mass is 694 g/mol. The first-order chi connectivity index (χ1) is 21.6. The SMILES string of the molecule is C/C=C(/C)C(=O)O[C@H]1[C@H](CC(=O)C(C)C)[C@@]2(CO)C(C[C@]1(O)S)C1=CCC3[C@@]4(C)CC[C@H](O)[C@@](C)(S)C4CC[C@@]3(C)[C@]1(C)[C@@H](O)[C@H]2O. The van der Waals surface area contributed by atoms with E-state index in [1.807, 2.05) is 13.8 Å². The molecule has 0 saturated heterocycles. The molecule has 0 spiro atoms. The molecular weight excluding hydrogens is 637 g/mol. The highest BCUT2D eigenvalue weighted by molar-refractivity contribution is 7.82. The minimum atomic E-state index is -1.90. The highest BCUT2D eigenvalue weighted by Gasteiger charge is 2.76. The molecule has 47 heavy (non-hydrogen) atoms. The molecule has 10 heteroatoms. The fourth-order valence-corrected chi connectivity index (χ4v) is 12.6. The van der Waals surface area contributed by atoms with Crippen LogP contribution in [0.15, 0.2) is 23.3 Å². The Labute approximate surface area is 291 Å². The van der Waals surface area contributed by atoms with Crippen molar-refractivity contribution in [3.05, 3.63) is 23.3 Å². The van der Waals surface area contributed by atoms with Gasteiger partial charge in [-0.25, -0.2) is 4.79 Å². The molecule has 5 aliphatic carbocycles. The lowest BCUT2D eigenvalue weighted by Crippen LogP contribution is -2.75. The topological polar surface area (TPSA) is 145 Å². The molecule has 0 amide bonds. The van der Waals surface area contributed by atoms with Gasteiger partial charge in [0.15, 0.2) is 0 Å². The third-order valence-corrected chi connectivity index (χ3v) is 15.9. The molecule has 5 aliphatic rings. The second-order valence-electron chi connectivity index (χ2n) is 17.0. The van der Waals surface area contributed by atoms with Crippen molar-refractivity contribution < 1.29 is 39.9 Å². The molecule has 4 saturated carbocycles. The molecule has 4 fully saturated rings. The fourth-order valence-electron chi connectivity index (χ4n) is 11.6. The average molecular weight is 695 g/mol. The lowest BCUT2D eigenvalue weighted by molar-refractivity contribution is -0.275. The Bertz CT molecular complexity index is 1340. The van der Waals surface area contributed by atoms with Crippen LogP contribution in [0.25, 0.3) is 0 Å². The summed E-state index contributed by atoms with van der Waals surface area (Å²) >= 11 is 9.76. The van der Waals surface area contributed by atoms with E-state index in [-0.39, 0.29) is 41.8 Å². The van der Waals surface area contributed by atoms with Gasteiger partial charge in [-0.3, -0.25) is 4.79 Å². The van der Waals surface area contributed by atoms with Crippen molar-refractivity contribution in [2.75, 3.05) is 6.61 Å². The Morgan fingerprint density at radius 3 is 2.26 bits per heavy atom. The van der Waals surface area contributed by atoms with E-state index in [1.54, 1.807) is 33.8 Å². The predicted molar refractivity (Wildman–Crippen MR) is 187 cm³/mol. The number of esters is 1. The van der Waals surface area contributed by atoms with Gasteiger partial charge >= 0.3 is 5.97 Å². The van der Waals surface area contributed by atoms with E-state index in [0.717, 1.165) is 24.8 Å². The van der Waals surface area contributed by atoms with Crippen LogP contribution in [0.2, 0.25) is 0 Å². The number of thiol groups is 2. The predicted octanol–water partition coefficient (Wildman–Crippen LogP) is 4.67. The summed E-state index contributed by atoms with van der Waals surface area (Å²) in [5, 5.41) is 59.5. The van der Waals surface area contributed by atoms with Crippen molar-refractivity contribution in [1.29, 1.82) is 0 Å². The van der Waals surface area contributed by atoms with Gasteiger partial charge in [0.2, 0.25) is 0 Å². The van der Waals surface area contributed by atoms with E-state index in [9.17, 15) is 35.1 Å². The van der Waals surface area contributed by atoms with Gasteiger partial charge in [-0.1, -0.05) is 52.3 Å². The number of Topliss-reactive ketones (excluding diaryl/α,β-unsaturated/α-hetero) is 1. The molecule has 0 bridgehead atoms. The first-order valence-corrected chi connectivity index (χ1v) is 18.4. The summed E-state index contributed by atoms with van der Waals surface area (Å²) in [6.07, 6.45) is 2.54. The van der Waals surface area contributed by atoms with E-state index in [4.69, 9.17) is 30.0 Å². The maximum Gasteiger partial charge on any atom is 0.333 e. The zero-order valence-electron chi connectivity index (χ0n) is 29.4. The quantitative estimate of drug-likeness (QED) is 0.0699. The maximum atomic E-state index is 13.5. The van der Waals surface area contributed by atoms with Crippen molar-refractivity contribution in [2.45, 2.75) is 134 Å². The Morgan fingerprint density at radius 1 is 1.04 bits per heavy atom. The van der Waals surface area contributed by atoms with Gasteiger partial charge in [0.1, 0.15) is 16.8 Å². The normalized spacial score (nSPS) is 51.2. The number of aliphatic hydroxyl groups is 5. The molecular formula is C37H58O8S2. The van der Waals surface area contributed by atoms with Crippen LogP contribution < -0.4 is 0 Å². The molecule has 0 aromatic rings. The van der Waals surface area contributed by atoms with E-state index in [2.05, 4.69) is 19.9 Å². The molecule has 5 N–H and O–H groups in total. The van der Waals surface area contributed by atoms with Crippen LogP contribution in [0.3, 0.4) is 0 Å². The minimum absolute atomic E-state index is 0.0530. The van der Waals surface area contributed by atoms with Crippen molar-refractivity contribution >= 4 is 37.0 Å². The molecule has 0 aromatic heterocycles. The summed E-state index contributed by atoms with van der Waals surface area (Å²) < 4.78 is 5.38. The van der Waals surface area contributed by atoms with Crippen LogP contribution in [0.5, 0.6) is 0 Å². The highest BCUT2D eigenvalue weighted by Crippen LogP contribution is 2.76. The molecule has 5 rings (SSSR count). The van der Waals surface area contributed by atoms with Gasteiger partial charge < -0.3 is 30.3 Å². The number of fused-ring (bicyclic) bond motifs is 7. The van der Waals surface area contributed by atoms with Crippen LogP contribution in [0.1, 0.15) is 100 Å². The van der Waals surface area contributed by atoms with Crippen LogP contribution in [-0.2, 0) is 14.3 Å². The molecule has 0 heterocycles. The number of allylic oxidation sites excluding steroid dienone is 2. The van der Waals surface area contributed by atoms with E-state index in [1.165, 1.54) is 0 Å². The first-order valence-electron chi connectivity index (χ1n) is 17.5. The van der Waals surface area contributed by atoms with Gasteiger partial charge in [0.05, 0.1) is 24.9 Å². The summed E-state index contributed by atoms with van der Waals surface area (Å²) in [4.78, 5) is 24.7. The van der Waals surface area contributed by atoms with E-state index >= 15 is 0 Å². The van der Waals surface area contributed by atoms with Crippen LogP contribution >= 0.6 is 25.3 Å². The number of rotatable bonds is 6. The Balaban J connectivity index is 1.68. The average Bonchev–Trinajstić information content (AvgIpc) is 2.99. The summed E-state index contributed by atoms with van der Waals surface area (Å²) in [5.74, 6) is -2.67. The fraction of sp³-hybridized carbons (Fsp3) is 0.838. The summed E-state index contributed by atoms with van der Waals surface area (Å²) in [5.41, 5.74) is -1.94. The van der Waals surface area contributed by atoms with Crippen LogP contribution in [0, 0.1) is 51.2 Å². The van der Waals surface area contributed by atoms with Crippen molar-refractivity contribution in [1.82, 2.24) is 0 Å². The third kappa shape index (κ3) is 5.03. The van der Waals surface area contributed by atoms with E-state index in [0.29, 0.717) is 18.4 Å². The maximum absolute atomic E-state index is 13.5. The van der Waals surface area contributed by atoms with Crippen LogP contribution in [0.4, 0.5) is 0 Å². The number of carbonyl (C=O) groups is 2. The largest absolute Gasteiger partial charge is 0.455 e. The standard InChI is InChI=1S/C37H58O8S2/c1-9-20(4)31(43)45-30-22(16-24(39)19(2)3)36(18-38)23(17-37(30,44)47)21-10-11-25-32(5)14-13-27(40)35(8,46)26(32)12-15-33(25,6)34(21,7)28(41)29(36)42/h9-10,19,22-23,25-30,38,40-42,44,46-47H,11-18H2,1-8H3/b20-9-/t22-,23?,25?,26?,27-,28-,29+,30-,32+,33+,34-,35-,36-,37-/m0/s1. The zero-order chi connectivity index (χ0) is 35.3. The second-order valence-corrected chi connectivity index (χ2v) is 18.7.